The summed E-state index contributed by atoms with van der Waals surface area (Å²) in [6.07, 6.45) is 3.74. The van der Waals surface area contributed by atoms with Gasteiger partial charge in [-0.3, -0.25) is 24.5 Å². The summed E-state index contributed by atoms with van der Waals surface area (Å²) in [6.45, 7) is 0. The van der Waals surface area contributed by atoms with E-state index in [9.17, 15) is 9.59 Å². The van der Waals surface area contributed by atoms with Gasteiger partial charge in [-0.15, -0.1) is 11.8 Å². The van der Waals surface area contributed by atoms with Gasteiger partial charge in [-0.1, -0.05) is 30.3 Å². The van der Waals surface area contributed by atoms with Crippen molar-refractivity contribution in [2.75, 3.05) is 22.6 Å². The number of anilines is 1. The van der Waals surface area contributed by atoms with Crippen LogP contribution in [0.3, 0.4) is 0 Å². The first-order valence-corrected chi connectivity index (χ1v) is 11.8. The molecule has 3 N–H and O–H groups in total. The Labute approximate surface area is 176 Å². The third-order valence-electron chi connectivity index (χ3n) is 5.43. The van der Waals surface area contributed by atoms with Gasteiger partial charge in [0, 0.05) is 5.56 Å². The molecule has 2 aromatic heterocycles. The number of benzene rings is 1. The zero-order valence-corrected chi connectivity index (χ0v) is 17.3. The number of rotatable bonds is 3. The fourth-order valence-corrected chi connectivity index (χ4v) is 6.25. The third-order valence-corrected chi connectivity index (χ3v) is 7.73. The molecule has 0 spiro atoms. The fraction of sp³-hybridized carbons (Fsp3) is 0.350. The molecule has 29 heavy (non-hydrogen) atoms. The molecular formula is C20H21N5O2S2. The first-order valence-electron chi connectivity index (χ1n) is 9.64. The van der Waals surface area contributed by atoms with Crippen LogP contribution in [0.5, 0.6) is 0 Å². The Morgan fingerprint density at radius 2 is 1.90 bits per heavy atom. The smallest absolute Gasteiger partial charge is 0.270 e. The van der Waals surface area contributed by atoms with Gasteiger partial charge in [0.1, 0.15) is 5.82 Å². The summed E-state index contributed by atoms with van der Waals surface area (Å²) in [7, 11) is 0. The van der Waals surface area contributed by atoms with Crippen LogP contribution in [0.25, 0.3) is 11.3 Å². The molecule has 4 heterocycles. The highest BCUT2D eigenvalue weighted by atomic mass is 32.2. The summed E-state index contributed by atoms with van der Waals surface area (Å²) < 4.78 is 1.90. The third kappa shape index (κ3) is 3.42. The molecule has 1 fully saturated rings. The number of aromatic nitrogens is 4. The molecule has 0 radical (unpaired) electrons. The Balaban J connectivity index is 1.63. The summed E-state index contributed by atoms with van der Waals surface area (Å²) in [5, 5.41) is 13.1. The topological polar surface area (TPSA) is 95.6 Å². The molecule has 150 valence electrons. The predicted octanol–water partition coefficient (Wildman–Crippen LogP) is 3.41. The molecule has 1 unspecified atom stereocenters. The van der Waals surface area contributed by atoms with Crippen LogP contribution >= 0.6 is 23.5 Å². The number of amides is 1. The average molecular weight is 428 g/mol. The maximum absolute atomic E-state index is 13.1. The first-order chi connectivity index (χ1) is 14.2. The van der Waals surface area contributed by atoms with Crippen LogP contribution in [-0.2, 0) is 4.79 Å². The van der Waals surface area contributed by atoms with Gasteiger partial charge in [0.2, 0.25) is 5.91 Å². The normalized spacial score (nSPS) is 20.1. The highest BCUT2D eigenvalue weighted by Gasteiger charge is 2.34. The molecule has 1 aromatic carbocycles. The quantitative estimate of drug-likeness (QED) is 0.595. The van der Waals surface area contributed by atoms with Crippen LogP contribution in [0, 0.1) is 0 Å². The van der Waals surface area contributed by atoms with E-state index in [1.165, 1.54) is 11.8 Å². The minimum atomic E-state index is -0.277. The summed E-state index contributed by atoms with van der Waals surface area (Å²) in [6, 6.07) is 10.1. The lowest BCUT2D eigenvalue weighted by molar-refractivity contribution is -0.113. The van der Waals surface area contributed by atoms with Gasteiger partial charge in [0.25, 0.3) is 5.56 Å². The molecular weight excluding hydrogens is 406 g/mol. The number of nitrogens with one attached hydrogen (secondary N) is 3. The van der Waals surface area contributed by atoms with Gasteiger partial charge in [-0.05, 0) is 29.9 Å². The van der Waals surface area contributed by atoms with Crippen molar-refractivity contribution >= 4 is 35.2 Å². The van der Waals surface area contributed by atoms with Gasteiger partial charge in [-0.2, -0.15) is 16.9 Å². The predicted molar refractivity (Wildman–Crippen MR) is 118 cm³/mol. The standard InChI is InChI=1S/C20H21N5O2S2/c26-15-11-29-18(14-10-21-23-17(14)12-4-2-1-3-5-12)16-19(22-15)25(24-20(16)27)13-6-8-28-9-7-13/h1-5,10,13,18H,6-9,11H2,(H,21,23)(H,22,26)(H,24,27). The summed E-state index contributed by atoms with van der Waals surface area (Å²) >= 11 is 3.40. The molecule has 5 rings (SSSR count). The molecule has 0 bridgehead atoms. The van der Waals surface area contributed by atoms with E-state index >= 15 is 0 Å². The van der Waals surface area contributed by atoms with Crippen molar-refractivity contribution in [3.63, 3.8) is 0 Å². The Morgan fingerprint density at radius 3 is 2.69 bits per heavy atom. The van der Waals surface area contributed by atoms with E-state index in [2.05, 4.69) is 20.6 Å². The second-order valence-electron chi connectivity index (χ2n) is 7.22. The summed E-state index contributed by atoms with van der Waals surface area (Å²) in [5.74, 6) is 2.95. The number of nitrogens with zero attached hydrogens (tertiary/aromatic N) is 2. The lowest BCUT2D eigenvalue weighted by atomic mass is 10.0. The van der Waals surface area contributed by atoms with Gasteiger partial charge in [0.05, 0.1) is 34.5 Å². The zero-order valence-electron chi connectivity index (χ0n) is 15.7. The molecule has 0 saturated carbocycles. The number of aromatic amines is 2. The Hall–Kier alpha value is -2.39. The van der Waals surface area contributed by atoms with E-state index in [0.717, 1.165) is 41.2 Å². The van der Waals surface area contributed by atoms with Crippen molar-refractivity contribution in [2.24, 2.45) is 0 Å². The minimum Gasteiger partial charge on any atom is -0.310 e. The maximum Gasteiger partial charge on any atom is 0.270 e. The zero-order chi connectivity index (χ0) is 19.8. The molecule has 2 aliphatic heterocycles. The van der Waals surface area contributed by atoms with Crippen LogP contribution in [0.15, 0.2) is 41.3 Å². The van der Waals surface area contributed by atoms with E-state index in [1.54, 1.807) is 6.20 Å². The molecule has 1 saturated heterocycles. The Kier molecular flexibility index (Phi) is 5.01. The van der Waals surface area contributed by atoms with E-state index in [1.807, 2.05) is 46.8 Å². The largest absolute Gasteiger partial charge is 0.310 e. The van der Waals surface area contributed by atoms with Crippen LogP contribution in [0.4, 0.5) is 5.82 Å². The first kappa shape index (κ1) is 18.6. The van der Waals surface area contributed by atoms with E-state index in [0.29, 0.717) is 17.1 Å². The molecule has 1 amide bonds. The van der Waals surface area contributed by atoms with Crippen LogP contribution in [-0.4, -0.2) is 43.1 Å². The highest BCUT2D eigenvalue weighted by molar-refractivity contribution is 8.00. The van der Waals surface area contributed by atoms with Gasteiger partial charge in [0.15, 0.2) is 0 Å². The van der Waals surface area contributed by atoms with E-state index < -0.39 is 0 Å². The van der Waals surface area contributed by atoms with E-state index in [4.69, 9.17) is 0 Å². The molecule has 3 aromatic rings. The Morgan fingerprint density at radius 1 is 1.10 bits per heavy atom. The van der Waals surface area contributed by atoms with E-state index in [-0.39, 0.29) is 22.8 Å². The van der Waals surface area contributed by atoms with Crippen molar-refractivity contribution in [1.29, 1.82) is 0 Å². The summed E-state index contributed by atoms with van der Waals surface area (Å²) in [5.41, 5.74) is 3.27. The van der Waals surface area contributed by atoms with Crippen molar-refractivity contribution in [2.45, 2.75) is 24.1 Å². The lowest BCUT2D eigenvalue weighted by Crippen LogP contribution is -2.22. The molecule has 9 heteroatoms. The summed E-state index contributed by atoms with van der Waals surface area (Å²) in [4.78, 5) is 25.5. The molecule has 7 nitrogen and oxygen atoms in total. The number of carbonyl (C=O) groups is 1. The minimum absolute atomic E-state index is 0.0820. The number of thioether (sulfide) groups is 2. The fourth-order valence-electron chi connectivity index (χ4n) is 4.04. The van der Waals surface area contributed by atoms with Gasteiger partial charge >= 0.3 is 0 Å². The highest BCUT2D eigenvalue weighted by Crippen LogP contribution is 2.43. The number of fused-ring (bicyclic) bond motifs is 1. The Bertz CT molecular complexity index is 1080. The van der Waals surface area contributed by atoms with Crippen molar-refractivity contribution < 1.29 is 4.79 Å². The van der Waals surface area contributed by atoms with Crippen molar-refractivity contribution in [3.8, 4) is 11.3 Å². The number of H-pyrrole nitrogens is 2. The molecule has 2 aliphatic rings. The second kappa shape index (κ2) is 7.79. The van der Waals surface area contributed by atoms with Crippen LogP contribution < -0.4 is 10.9 Å². The average Bonchev–Trinajstić information content (AvgIpc) is 3.31. The SMILES string of the molecule is O=C1CSC(c2cn[nH]c2-c2ccccc2)c2c(n(C3CCSCC3)[nH]c2=O)N1. The van der Waals surface area contributed by atoms with Crippen LogP contribution in [0.2, 0.25) is 0 Å². The van der Waals surface area contributed by atoms with Crippen LogP contribution in [0.1, 0.15) is 35.3 Å². The van der Waals surface area contributed by atoms with Crippen molar-refractivity contribution in [3.05, 3.63) is 58.0 Å². The lowest BCUT2D eigenvalue weighted by Gasteiger charge is -2.24. The maximum atomic E-state index is 13.1. The number of hydrogen-bond acceptors (Lipinski definition) is 5. The molecule has 0 aliphatic carbocycles. The van der Waals surface area contributed by atoms with Crippen molar-refractivity contribution in [1.82, 2.24) is 20.0 Å². The van der Waals surface area contributed by atoms with Gasteiger partial charge < -0.3 is 5.32 Å². The number of hydrogen-bond donors (Lipinski definition) is 3. The number of carbonyl (C=O) groups excluding carboxylic acids is 1. The second-order valence-corrected chi connectivity index (χ2v) is 9.54. The molecule has 1 atom stereocenters. The van der Waals surface area contributed by atoms with Gasteiger partial charge in [-0.25, -0.2) is 0 Å². The monoisotopic (exact) mass is 427 g/mol.